The number of nitrogens with two attached hydrogens (primary N) is 1. The third-order valence-electron chi connectivity index (χ3n) is 5.30. The summed E-state index contributed by atoms with van der Waals surface area (Å²) in [6, 6.07) is 18.0. The van der Waals surface area contributed by atoms with Gasteiger partial charge in [-0.3, -0.25) is 9.59 Å². The molecule has 0 saturated heterocycles. The molecule has 0 aliphatic rings. The Hall–Kier alpha value is -3.75. The summed E-state index contributed by atoms with van der Waals surface area (Å²) in [6.45, 7) is 4.06. The largest absolute Gasteiger partial charge is 0.456 e. The molecule has 33 heavy (non-hydrogen) atoms. The maximum absolute atomic E-state index is 12.6. The standard InChI is InChI=1S/C25H22N2O5S/c1-15-11-16(2)24-21(12-15)22(28)13-23(32-24)18-5-7-19(8-6-18)25(29)27-14-17-3-9-20(10-4-17)33(26,30)31/h3-13H,14H2,1-2H3,(H,27,29)(H2,26,30,31). The molecule has 7 nitrogen and oxygen atoms in total. The van der Waals surface area contributed by atoms with E-state index < -0.39 is 10.0 Å². The molecule has 0 radical (unpaired) electrons. The third kappa shape index (κ3) is 4.87. The van der Waals surface area contributed by atoms with E-state index in [4.69, 9.17) is 9.56 Å². The molecule has 1 aromatic heterocycles. The van der Waals surface area contributed by atoms with Crippen molar-refractivity contribution in [3.63, 3.8) is 0 Å². The zero-order valence-corrected chi connectivity index (χ0v) is 18.9. The van der Waals surface area contributed by atoms with Crippen LogP contribution in [0.15, 0.2) is 80.8 Å². The Labute approximate surface area is 190 Å². The summed E-state index contributed by atoms with van der Waals surface area (Å²) in [6.07, 6.45) is 0. The number of primary sulfonamides is 1. The van der Waals surface area contributed by atoms with Gasteiger partial charge >= 0.3 is 0 Å². The van der Waals surface area contributed by atoms with Crippen molar-refractivity contribution < 1.29 is 17.6 Å². The number of fused-ring (bicyclic) bond motifs is 1. The number of sulfonamides is 1. The van der Waals surface area contributed by atoms with Crippen molar-refractivity contribution in [2.75, 3.05) is 0 Å². The van der Waals surface area contributed by atoms with Gasteiger partial charge in [-0.2, -0.15) is 0 Å². The molecule has 3 aromatic carbocycles. The van der Waals surface area contributed by atoms with E-state index in [0.29, 0.717) is 27.9 Å². The summed E-state index contributed by atoms with van der Waals surface area (Å²) in [5.41, 5.74) is 4.18. The van der Waals surface area contributed by atoms with Gasteiger partial charge in [-0.15, -0.1) is 0 Å². The quantitative estimate of drug-likeness (QED) is 0.469. The van der Waals surface area contributed by atoms with Crippen LogP contribution in [0.4, 0.5) is 0 Å². The van der Waals surface area contributed by atoms with E-state index >= 15 is 0 Å². The highest BCUT2D eigenvalue weighted by atomic mass is 32.2. The van der Waals surface area contributed by atoms with Crippen molar-refractivity contribution in [3.8, 4) is 11.3 Å². The van der Waals surface area contributed by atoms with E-state index in [-0.39, 0.29) is 22.8 Å². The number of amides is 1. The van der Waals surface area contributed by atoms with Crippen LogP contribution in [-0.4, -0.2) is 14.3 Å². The van der Waals surface area contributed by atoms with Crippen molar-refractivity contribution >= 4 is 26.9 Å². The number of aryl methyl sites for hydroxylation is 2. The zero-order chi connectivity index (χ0) is 23.8. The number of carbonyl (C=O) groups excluding carboxylic acids is 1. The Morgan fingerprint density at radius 3 is 2.27 bits per heavy atom. The minimum Gasteiger partial charge on any atom is -0.456 e. The molecule has 0 aliphatic carbocycles. The average molecular weight is 463 g/mol. The molecule has 4 rings (SSSR count). The lowest BCUT2D eigenvalue weighted by atomic mass is 10.1. The minimum atomic E-state index is -3.75. The maximum Gasteiger partial charge on any atom is 0.251 e. The first-order chi connectivity index (χ1) is 15.6. The van der Waals surface area contributed by atoms with Crippen molar-refractivity contribution in [2.24, 2.45) is 5.14 Å². The van der Waals surface area contributed by atoms with Crippen LogP contribution >= 0.6 is 0 Å². The van der Waals surface area contributed by atoms with Gasteiger partial charge in [0.15, 0.2) is 5.43 Å². The second-order valence-electron chi connectivity index (χ2n) is 7.88. The maximum atomic E-state index is 12.6. The zero-order valence-electron chi connectivity index (χ0n) is 18.1. The van der Waals surface area contributed by atoms with Crippen LogP contribution < -0.4 is 15.9 Å². The van der Waals surface area contributed by atoms with E-state index in [2.05, 4.69) is 5.32 Å². The SMILES string of the molecule is Cc1cc(C)c2oc(-c3ccc(C(=O)NCc4ccc(S(N)(=O)=O)cc4)cc3)cc(=O)c2c1. The van der Waals surface area contributed by atoms with Crippen molar-refractivity contribution in [1.29, 1.82) is 0 Å². The first kappa shape index (κ1) is 22.4. The molecule has 3 N–H and O–H groups in total. The van der Waals surface area contributed by atoms with Crippen LogP contribution in [-0.2, 0) is 16.6 Å². The molecule has 0 atom stereocenters. The Balaban J connectivity index is 1.50. The summed E-state index contributed by atoms with van der Waals surface area (Å²) in [7, 11) is -3.75. The fourth-order valence-electron chi connectivity index (χ4n) is 3.62. The van der Waals surface area contributed by atoms with Gasteiger partial charge in [0.25, 0.3) is 5.91 Å². The van der Waals surface area contributed by atoms with Gasteiger partial charge < -0.3 is 9.73 Å². The lowest BCUT2D eigenvalue weighted by Crippen LogP contribution is -2.22. The first-order valence-corrected chi connectivity index (χ1v) is 11.7. The summed E-state index contributed by atoms with van der Waals surface area (Å²) in [5.74, 6) is 0.143. The van der Waals surface area contributed by atoms with Gasteiger partial charge in [0, 0.05) is 23.7 Å². The predicted molar refractivity (Wildman–Crippen MR) is 126 cm³/mol. The van der Waals surface area contributed by atoms with E-state index in [9.17, 15) is 18.0 Å². The molecular weight excluding hydrogens is 440 g/mol. The van der Waals surface area contributed by atoms with Gasteiger partial charge in [0.05, 0.1) is 10.3 Å². The number of benzene rings is 3. The van der Waals surface area contributed by atoms with Crippen molar-refractivity contribution in [2.45, 2.75) is 25.3 Å². The topological polar surface area (TPSA) is 119 Å². The van der Waals surface area contributed by atoms with E-state index in [1.54, 1.807) is 36.4 Å². The fraction of sp³-hybridized carbons (Fsp3) is 0.120. The molecule has 0 spiro atoms. The molecule has 0 bridgehead atoms. The van der Waals surface area contributed by atoms with Crippen molar-refractivity contribution in [3.05, 3.63) is 99.2 Å². The number of carbonyl (C=O) groups is 1. The number of hydrogen-bond acceptors (Lipinski definition) is 5. The third-order valence-corrected chi connectivity index (χ3v) is 6.22. The highest BCUT2D eigenvalue weighted by molar-refractivity contribution is 7.89. The van der Waals surface area contributed by atoms with Crippen LogP contribution in [0.3, 0.4) is 0 Å². The Kier molecular flexibility index (Phi) is 5.88. The van der Waals surface area contributed by atoms with Gasteiger partial charge in [0.1, 0.15) is 11.3 Å². The van der Waals surface area contributed by atoms with Crippen LogP contribution in [0.2, 0.25) is 0 Å². The van der Waals surface area contributed by atoms with Crippen LogP contribution in [0.5, 0.6) is 0 Å². The highest BCUT2D eigenvalue weighted by Gasteiger charge is 2.12. The van der Waals surface area contributed by atoms with Gasteiger partial charge in [-0.1, -0.05) is 30.3 Å². The Morgan fingerprint density at radius 2 is 1.64 bits per heavy atom. The average Bonchev–Trinajstić information content (AvgIpc) is 2.78. The second-order valence-corrected chi connectivity index (χ2v) is 9.44. The smallest absolute Gasteiger partial charge is 0.251 e. The summed E-state index contributed by atoms with van der Waals surface area (Å²) in [4.78, 5) is 25.1. The first-order valence-electron chi connectivity index (χ1n) is 10.2. The minimum absolute atomic E-state index is 0.0128. The lowest BCUT2D eigenvalue weighted by molar-refractivity contribution is 0.0951. The van der Waals surface area contributed by atoms with E-state index in [1.807, 2.05) is 26.0 Å². The van der Waals surface area contributed by atoms with Crippen LogP contribution in [0, 0.1) is 13.8 Å². The summed E-state index contributed by atoms with van der Waals surface area (Å²) < 4.78 is 28.6. The molecular formula is C25H22N2O5S. The second kappa shape index (κ2) is 8.65. The molecule has 0 unspecified atom stereocenters. The molecule has 8 heteroatoms. The van der Waals surface area contributed by atoms with Gasteiger partial charge in [0.2, 0.25) is 10.0 Å². The number of nitrogens with one attached hydrogen (secondary N) is 1. The number of hydrogen-bond donors (Lipinski definition) is 2. The normalized spacial score (nSPS) is 11.5. The fourth-order valence-corrected chi connectivity index (χ4v) is 4.13. The van der Waals surface area contributed by atoms with Crippen LogP contribution in [0.25, 0.3) is 22.3 Å². The Bertz CT molecular complexity index is 1520. The molecule has 0 aliphatic heterocycles. The molecule has 0 saturated carbocycles. The lowest BCUT2D eigenvalue weighted by Gasteiger charge is -2.08. The molecule has 168 valence electrons. The highest BCUT2D eigenvalue weighted by Crippen LogP contribution is 2.25. The monoisotopic (exact) mass is 462 g/mol. The molecule has 1 amide bonds. The summed E-state index contributed by atoms with van der Waals surface area (Å²) in [5, 5.41) is 8.42. The molecule has 1 heterocycles. The Morgan fingerprint density at radius 1 is 0.970 bits per heavy atom. The van der Waals surface area contributed by atoms with Crippen LogP contribution in [0.1, 0.15) is 27.0 Å². The molecule has 0 fully saturated rings. The van der Waals surface area contributed by atoms with Gasteiger partial charge in [-0.25, -0.2) is 13.6 Å². The van der Waals surface area contributed by atoms with E-state index in [0.717, 1.165) is 16.7 Å². The van der Waals surface area contributed by atoms with E-state index in [1.165, 1.54) is 18.2 Å². The van der Waals surface area contributed by atoms with Crippen molar-refractivity contribution in [1.82, 2.24) is 5.32 Å². The predicted octanol–water partition coefficient (Wildman–Crippen LogP) is 3.65. The number of rotatable bonds is 5. The molecule has 4 aromatic rings. The summed E-state index contributed by atoms with van der Waals surface area (Å²) >= 11 is 0. The van der Waals surface area contributed by atoms with Gasteiger partial charge in [-0.05, 0) is 60.9 Å².